The van der Waals surface area contributed by atoms with Crippen LogP contribution in [0.15, 0.2) is 35.4 Å². The molecule has 0 amide bonds. The van der Waals surface area contributed by atoms with E-state index in [9.17, 15) is 0 Å². The minimum atomic E-state index is -0.330. The van der Waals surface area contributed by atoms with Crippen LogP contribution in [0.1, 0.15) is 13.3 Å². The minimum absolute atomic E-state index is 0.330. The molecular weight excluding hydrogens is 196 g/mol. The number of rotatable bonds is 3. The molecule has 1 heterocycles. The van der Waals surface area contributed by atoms with E-state index >= 15 is 0 Å². The second kappa shape index (κ2) is 4.30. The van der Waals surface area contributed by atoms with Crippen molar-refractivity contribution in [1.82, 2.24) is 5.32 Å². The molecule has 1 aliphatic rings. The van der Waals surface area contributed by atoms with E-state index < -0.39 is 0 Å². The fourth-order valence-corrected chi connectivity index (χ4v) is 1.92. The number of allylic oxidation sites excluding steroid dienone is 2. The molecule has 0 aromatic rings. The van der Waals surface area contributed by atoms with Gasteiger partial charge in [0.05, 0.1) is 5.54 Å². The topological polar surface area (TPSA) is 38.0 Å². The van der Waals surface area contributed by atoms with Gasteiger partial charge in [-0.1, -0.05) is 30.8 Å². The van der Waals surface area contributed by atoms with Crippen LogP contribution in [0.3, 0.4) is 0 Å². The molecule has 0 saturated carbocycles. The van der Waals surface area contributed by atoms with Crippen molar-refractivity contribution < 1.29 is 0 Å². The van der Waals surface area contributed by atoms with E-state index in [1.54, 1.807) is 6.08 Å². The largest absolute Gasteiger partial charge is 0.320 e. The van der Waals surface area contributed by atoms with Crippen molar-refractivity contribution >= 4 is 11.6 Å². The Labute approximate surface area is 90.5 Å². The third kappa shape index (κ3) is 2.08. The molecule has 0 bridgehead atoms. The van der Waals surface area contributed by atoms with Gasteiger partial charge in [0, 0.05) is 11.6 Å². The van der Waals surface area contributed by atoms with Crippen LogP contribution in [0, 0.1) is 0 Å². The van der Waals surface area contributed by atoms with Gasteiger partial charge in [0.15, 0.2) is 0 Å². The van der Waals surface area contributed by atoms with Gasteiger partial charge in [-0.05, 0) is 31.0 Å². The van der Waals surface area contributed by atoms with Crippen molar-refractivity contribution in [3.63, 3.8) is 0 Å². The first kappa shape index (κ1) is 11.5. The van der Waals surface area contributed by atoms with E-state index in [2.05, 4.69) is 18.5 Å². The van der Waals surface area contributed by atoms with Crippen molar-refractivity contribution in [3.8, 4) is 0 Å². The summed E-state index contributed by atoms with van der Waals surface area (Å²) in [4.78, 5) is 0. The fraction of sp³-hybridized carbons (Fsp3) is 0.455. The molecule has 1 fully saturated rings. The average Bonchev–Trinajstić information content (AvgIpc) is 2.53. The monoisotopic (exact) mass is 212 g/mol. The van der Waals surface area contributed by atoms with Crippen molar-refractivity contribution in [1.29, 1.82) is 0 Å². The molecule has 14 heavy (non-hydrogen) atoms. The van der Waals surface area contributed by atoms with Crippen LogP contribution in [-0.4, -0.2) is 18.6 Å². The first-order chi connectivity index (χ1) is 6.51. The molecule has 1 aliphatic heterocycles. The Morgan fingerprint density at radius 1 is 1.64 bits per heavy atom. The maximum absolute atomic E-state index is 6.26. The number of hydrogen-bond acceptors (Lipinski definition) is 2. The molecule has 0 spiro atoms. The highest BCUT2D eigenvalue weighted by Crippen LogP contribution is 2.28. The summed E-state index contributed by atoms with van der Waals surface area (Å²) in [7, 11) is 0. The third-order valence-electron chi connectivity index (χ3n) is 2.74. The van der Waals surface area contributed by atoms with Crippen LogP contribution >= 0.6 is 11.6 Å². The number of nitrogens with one attached hydrogen (secondary N) is 1. The molecule has 3 heteroatoms. The van der Waals surface area contributed by atoms with Gasteiger partial charge in [-0.2, -0.15) is 0 Å². The fourth-order valence-electron chi connectivity index (χ4n) is 1.82. The molecule has 78 valence electrons. The first-order valence-corrected chi connectivity index (χ1v) is 5.07. The van der Waals surface area contributed by atoms with Crippen LogP contribution in [0.2, 0.25) is 0 Å². The van der Waals surface area contributed by atoms with Crippen LogP contribution in [0.25, 0.3) is 0 Å². The number of halogens is 1. The van der Waals surface area contributed by atoms with E-state index in [1.165, 1.54) is 0 Å². The van der Waals surface area contributed by atoms with E-state index in [-0.39, 0.29) is 5.54 Å². The summed E-state index contributed by atoms with van der Waals surface area (Å²) in [6.45, 7) is 11.1. The van der Waals surface area contributed by atoms with Gasteiger partial charge < -0.3 is 11.1 Å². The van der Waals surface area contributed by atoms with Crippen LogP contribution < -0.4 is 11.1 Å². The Morgan fingerprint density at radius 3 is 2.64 bits per heavy atom. The van der Waals surface area contributed by atoms with Crippen molar-refractivity contribution in [2.75, 3.05) is 13.1 Å². The Balaban J connectivity index is 3.07. The van der Waals surface area contributed by atoms with Crippen molar-refractivity contribution in [2.45, 2.75) is 18.9 Å². The molecule has 1 unspecified atom stereocenters. The summed E-state index contributed by atoms with van der Waals surface area (Å²) in [5.41, 5.74) is 7.87. The summed E-state index contributed by atoms with van der Waals surface area (Å²) in [5, 5.41) is 3.78. The molecule has 0 aliphatic carbocycles. The molecule has 1 rings (SSSR count). The molecule has 3 N–H and O–H groups in total. The number of hydrogen-bond donors (Lipinski definition) is 2. The average molecular weight is 213 g/mol. The Hall–Kier alpha value is -0.570. The van der Waals surface area contributed by atoms with E-state index in [4.69, 9.17) is 17.3 Å². The molecule has 2 nitrogen and oxygen atoms in total. The maximum Gasteiger partial charge on any atom is 0.0551 e. The quantitative estimate of drug-likeness (QED) is 0.702. The Bertz CT molecular complexity index is 286. The summed E-state index contributed by atoms with van der Waals surface area (Å²) in [5.74, 6) is 0. The highest BCUT2D eigenvalue weighted by atomic mass is 35.5. The predicted molar refractivity (Wildman–Crippen MR) is 62.3 cm³/mol. The first-order valence-electron chi connectivity index (χ1n) is 4.69. The lowest BCUT2D eigenvalue weighted by atomic mass is 9.86. The van der Waals surface area contributed by atoms with Crippen LogP contribution in [-0.2, 0) is 0 Å². The maximum atomic E-state index is 6.26. The van der Waals surface area contributed by atoms with Crippen molar-refractivity contribution in [3.05, 3.63) is 35.4 Å². The molecular formula is C11H17ClN2. The standard InChI is InChI=1S/C11H17ClN2/c1-4-10(8(2)9(3)12)11(13)5-6-14-7-11/h4,14H,1,3,5-7,13H2,2H3/b10-8+. The SMILES string of the molecule is C=C/C(=C(/C)C(=C)Cl)C1(N)CCNC1. The zero-order valence-corrected chi connectivity index (χ0v) is 9.32. The lowest BCUT2D eigenvalue weighted by Gasteiger charge is -2.26. The normalized spacial score (nSPS) is 28.5. The van der Waals surface area contributed by atoms with Crippen LogP contribution in [0.5, 0.6) is 0 Å². The minimum Gasteiger partial charge on any atom is -0.320 e. The zero-order chi connectivity index (χ0) is 10.8. The van der Waals surface area contributed by atoms with E-state index in [1.807, 2.05) is 6.92 Å². The van der Waals surface area contributed by atoms with Gasteiger partial charge in [0.25, 0.3) is 0 Å². The number of nitrogens with two attached hydrogens (primary N) is 1. The predicted octanol–water partition coefficient (Wildman–Crippen LogP) is 1.93. The summed E-state index contributed by atoms with van der Waals surface area (Å²) in [6.07, 6.45) is 2.70. The van der Waals surface area contributed by atoms with Gasteiger partial charge in [-0.15, -0.1) is 0 Å². The van der Waals surface area contributed by atoms with Gasteiger partial charge in [0.2, 0.25) is 0 Å². The smallest absolute Gasteiger partial charge is 0.0551 e. The Kier molecular flexibility index (Phi) is 3.53. The zero-order valence-electron chi connectivity index (χ0n) is 8.57. The molecule has 0 aromatic heterocycles. The highest BCUT2D eigenvalue weighted by molar-refractivity contribution is 6.31. The summed E-state index contributed by atoms with van der Waals surface area (Å²) < 4.78 is 0. The summed E-state index contributed by atoms with van der Waals surface area (Å²) >= 11 is 5.87. The van der Waals surface area contributed by atoms with Gasteiger partial charge >= 0.3 is 0 Å². The van der Waals surface area contributed by atoms with Gasteiger partial charge in [0.1, 0.15) is 0 Å². The lowest BCUT2D eigenvalue weighted by Crippen LogP contribution is -2.43. The van der Waals surface area contributed by atoms with Gasteiger partial charge in [-0.3, -0.25) is 0 Å². The lowest BCUT2D eigenvalue weighted by molar-refractivity contribution is 0.557. The molecule has 1 saturated heterocycles. The van der Waals surface area contributed by atoms with E-state index in [0.29, 0.717) is 5.03 Å². The van der Waals surface area contributed by atoms with Crippen LogP contribution in [0.4, 0.5) is 0 Å². The Morgan fingerprint density at radius 2 is 2.29 bits per heavy atom. The highest BCUT2D eigenvalue weighted by Gasteiger charge is 2.33. The second-order valence-corrected chi connectivity index (χ2v) is 4.19. The molecule has 1 atom stereocenters. The second-order valence-electron chi connectivity index (χ2n) is 3.73. The summed E-state index contributed by atoms with van der Waals surface area (Å²) in [6, 6.07) is 0. The van der Waals surface area contributed by atoms with Crippen molar-refractivity contribution in [2.24, 2.45) is 5.73 Å². The van der Waals surface area contributed by atoms with Gasteiger partial charge in [-0.25, -0.2) is 0 Å². The van der Waals surface area contributed by atoms with E-state index in [0.717, 1.165) is 30.7 Å². The molecule has 0 aromatic carbocycles. The molecule has 0 radical (unpaired) electrons. The third-order valence-corrected chi connectivity index (χ3v) is 3.02.